The Hall–Kier alpha value is -2.35. The first-order valence-electron chi connectivity index (χ1n) is 7.21. The van der Waals surface area contributed by atoms with Crippen molar-refractivity contribution < 1.29 is 19.4 Å². The highest BCUT2D eigenvalue weighted by Gasteiger charge is 2.16. The normalized spacial score (nSPS) is 14.5. The summed E-state index contributed by atoms with van der Waals surface area (Å²) in [4.78, 5) is 28.6. The Labute approximate surface area is 128 Å². The lowest BCUT2D eigenvalue weighted by molar-refractivity contribution is -0.137. The number of hydrogen-bond donors (Lipinski definition) is 3. The Morgan fingerprint density at radius 1 is 1.36 bits per heavy atom. The van der Waals surface area contributed by atoms with Crippen LogP contribution in [-0.2, 0) is 9.53 Å². The number of hydrogen-bond acceptors (Lipinski definition) is 5. The van der Waals surface area contributed by atoms with Crippen LogP contribution in [0.2, 0.25) is 0 Å². The Balaban J connectivity index is 1.88. The standard InChI is InChI=1S/C14H20N4O4/c19-12(20)4-2-6-16-14(21)17-11-3-1-5-15-13(11)18-7-9-22-10-8-18/h1,3,5H,2,4,6-10H2,(H,19,20)(H2,16,17,21). The van der Waals surface area contributed by atoms with Gasteiger partial charge >= 0.3 is 12.0 Å². The fraction of sp³-hybridized carbons (Fsp3) is 0.500. The van der Waals surface area contributed by atoms with E-state index in [9.17, 15) is 9.59 Å². The summed E-state index contributed by atoms with van der Waals surface area (Å²) in [6, 6.07) is 3.17. The maximum Gasteiger partial charge on any atom is 0.319 e. The lowest BCUT2D eigenvalue weighted by atomic mass is 10.3. The molecule has 1 aliphatic heterocycles. The number of aromatic nitrogens is 1. The number of anilines is 2. The topological polar surface area (TPSA) is 104 Å². The number of amides is 2. The van der Waals surface area contributed by atoms with E-state index in [0.29, 0.717) is 37.7 Å². The van der Waals surface area contributed by atoms with Crippen molar-refractivity contribution in [2.75, 3.05) is 43.1 Å². The summed E-state index contributed by atoms with van der Waals surface area (Å²) in [6.07, 6.45) is 2.11. The SMILES string of the molecule is O=C(O)CCCNC(=O)Nc1cccnc1N1CCOCC1. The predicted molar refractivity (Wildman–Crippen MR) is 81.2 cm³/mol. The molecule has 0 saturated carbocycles. The molecule has 22 heavy (non-hydrogen) atoms. The quantitative estimate of drug-likeness (QED) is 0.675. The third kappa shape index (κ3) is 4.88. The first-order valence-corrected chi connectivity index (χ1v) is 7.21. The molecule has 3 N–H and O–H groups in total. The average molecular weight is 308 g/mol. The van der Waals surface area contributed by atoms with Crippen LogP contribution >= 0.6 is 0 Å². The third-order valence-electron chi connectivity index (χ3n) is 3.20. The van der Waals surface area contributed by atoms with Crippen LogP contribution in [-0.4, -0.2) is 54.9 Å². The zero-order valence-corrected chi connectivity index (χ0v) is 12.2. The summed E-state index contributed by atoms with van der Waals surface area (Å²) in [5.74, 6) is -0.157. The molecule has 0 aromatic carbocycles. The van der Waals surface area contributed by atoms with Crippen molar-refractivity contribution in [2.45, 2.75) is 12.8 Å². The Morgan fingerprint density at radius 2 is 2.14 bits per heavy atom. The molecule has 0 unspecified atom stereocenters. The van der Waals surface area contributed by atoms with Gasteiger partial charge in [-0.25, -0.2) is 9.78 Å². The van der Waals surface area contributed by atoms with Gasteiger partial charge in [-0.3, -0.25) is 4.79 Å². The van der Waals surface area contributed by atoms with Crippen molar-refractivity contribution in [1.82, 2.24) is 10.3 Å². The highest BCUT2D eigenvalue weighted by molar-refractivity contribution is 5.92. The number of urea groups is 1. The Kier molecular flexibility index (Phi) is 5.96. The van der Waals surface area contributed by atoms with E-state index in [0.717, 1.165) is 13.1 Å². The Bertz CT molecular complexity index is 517. The van der Waals surface area contributed by atoms with Crippen molar-refractivity contribution in [2.24, 2.45) is 0 Å². The van der Waals surface area contributed by atoms with Crippen molar-refractivity contribution >= 4 is 23.5 Å². The van der Waals surface area contributed by atoms with Gasteiger partial charge in [0.15, 0.2) is 5.82 Å². The molecule has 1 aromatic heterocycles. The summed E-state index contributed by atoms with van der Waals surface area (Å²) in [7, 11) is 0. The first kappa shape index (κ1) is 16.0. The lowest BCUT2D eigenvalue weighted by Crippen LogP contribution is -2.38. The van der Waals surface area contributed by atoms with E-state index in [1.807, 2.05) is 0 Å². The number of carbonyl (C=O) groups is 2. The van der Waals surface area contributed by atoms with Crippen LogP contribution in [0.1, 0.15) is 12.8 Å². The number of ether oxygens (including phenoxy) is 1. The van der Waals surface area contributed by atoms with Crippen LogP contribution in [0.4, 0.5) is 16.3 Å². The van der Waals surface area contributed by atoms with Crippen molar-refractivity contribution in [3.05, 3.63) is 18.3 Å². The highest BCUT2D eigenvalue weighted by atomic mass is 16.5. The zero-order chi connectivity index (χ0) is 15.8. The molecule has 1 fully saturated rings. The molecule has 0 radical (unpaired) electrons. The van der Waals surface area contributed by atoms with Gasteiger partial charge in [0, 0.05) is 32.3 Å². The van der Waals surface area contributed by atoms with Crippen molar-refractivity contribution in [3.63, 3.8) is 0 Å². The first-order chi connectivity index (χ1) is 10.7. The molecule has 2 heterocycles. The molecular weight excluding hydrogens is 288 g/mol. The molecule has 1 aromatic rings. The fourth-order valence-corrected chi connectivity index (χ4v) is 2.13. The van der Waals surface area contributed by atoms with E-state index in [2.05, 4.69) is 20.5 Å². The number of carbonyl (C=O) groups excluding carboxylic acids is 1. The second kappa shape index (κ2) is 8.18. The van der Waals surface area contributed by atoms with Crippen molar-refractivity contribution in [1.29, 1.82) is 0 Å². The number of carboxylic acid groups (broad SMARTS) is 1. The number of morpholine rings is 1. The van der Waals surface area contributed by atoms with E-state index in [4.69, 9.17) is 9.84 Å². The van der Waals surface area contributed by atoms with E-state index in [1.165, 1.54) is 0 Å². The van der Waals surface area contributed by atoms with Crippen LogP contribution in [0.5, 0.6) is 0 Å². The zero-order valence-electron chi connectivity index (χ0n) is 12.2. The summed E-state index contributed by atoms with van der Waals surface area (Å²) >= 11 is 0. The number of aliphatic carboxylic acids is 1. The lowest BCUT2D eigenvalue weighted by Gasteiger charge is -2.29. The van der Waals surface area contributed by atoms with E-state index in [-0.39, 0.29) is 12.5 Å². The predicted octanol–water partition coefficient (Wildman–Crippen LogP) is 0.904. The fourth-order valence-electron chi connectivity index (χ4n) is 2.13. The molecule has 0 aliphatic carbocycles. The average Bonchev–Trinajstić information content (AvgIpc) is 2.53. The number of rotatable bonds is 6. The molecule has 0 atom stereocenters. The van der Waals surface area contributed by atoms with Gasteiger partial charge in [-0.2, -0.15) is 0 Å². The van der Waals surface area contributed by atoms with Crippen LogP contribution in [0.25, 0.3) is 0 Å². The van der Waals surface area contributed by atoms with Crippen LogP contribution in [0, 0.1) is 0 Å². The minimum atomic E-state index is -0.871. The van der Waals surface area contributed by atoms with Gasteiger partial charge in [0.25, 0.3) is 0 Å². The molecule has 1 saturated heterocycles. The van der Waals surface area contributed by atoms with Gasteiger partial charge in [-0.15, -0.1) is 0 Å². The molecule has 2 rings (SSSR count). The summed E-state index contributed by atoms with van der Waals surface area (Å²) in [5, 5.41) is 13.9. The highest BCUT2D eigenvalue weighted by Crippen LogP contribution is 2.23. The van der Waals surface area contributed by atoms with Crippen LogP contribution < -0.4 is 15.5 Å². The van der Waals surface area contributed by atoms with E-state index < -0.39 is 5.97 Å². The summed E-state index contributed by atoms with van der Waals surface area (Å²) in [5.41, 5.74) is 0.625. The molecule has 120 valence electrons. The molecule has 2 amide bonds. The van der Waals surface area contributed by atoms with E-state index >= 15 is 0 Å². The van der Waals surface area contributed by atoms with Gasteiger partial charge in [0.2, 0.25) is 0 Å². The number of nitrogens with one attached hydrogen (secondary N) is 2. The van der Waals surface area contributed by atoms with Gasteiger partial charge in [0.05, 0.1) is 18.9 Å². The van der Waals surface area contributed by atoms with Crippen LogP contribution in [0.15, 0.2) is 18.3 Å². The maximum absolute atomic E-state index is 11.9. The van der Waals surface area contributed by atoms with Gasteiger partial charge < -0.3 is 25.4 Å². The summed E-state index contributed by atoms with van der Waals surface area (Å²) < 4.78 is 5.31. The molecule has 0 spiro atoms. The summed E-state index contributed by atoms with van der Waals surface area (Å²) in [6.45, 7) is 3.04. The third-order valence-corrected chi connectivity index (χ3v) is 3.20. The van der Waals surface area contributed by atoms with Gasteiger partial charge in [0.1, 0.15) is 0 Å². The molecule has 0 bridgehead atoms. The van der Waals surface area contributed by atoms with Gasteiger partial charge in [-0.05, 0) is 18.6 Å². The maximum atomic E-state index is 11.9. The van der Waals surface area contributed by atoms with Crippen molar-refractivity contribution in [3.8, 4) is 0 Å². The second-order valence-corrected chi connectivity index (χ2v) is 4.85. The minimum absolute atomic E-state index is 0.0339. The smallest absolute Gasteiger partial charge is 0.319 e. The molecular formula is C14H20N4O4. The second-order valence-electron chi connectivity index (χ2n) is 4.85. The number of nitrogens with zero attached hydrogens (tertiary/aromatic N) is 2. The van der Waals surface area contributed by atoms with Crippen LogP contribution in [0.3, 0.4) is 0 Å². The largest absolute Gasteiger partial charge is 0.481 e. The number of carboxylic acids is 1. The number of pyridine rings is 1. The molecule has 8 nitrogen and oxygen atoms in total. The monoisotopic (exact) mass is 308 g/mol. The molecule has 8 heteroatoms. The van der Waals surface area contributed by atoms with Gasteiger partial charge in [-0.1, -0.05) is 0 Å². The Morgan fingerprint density at radius 3 is 2.86 bits per heavy atom. The van der Waals surface area contributed by atoms with E-state index in [1.54, 1.807) is 18.3 Å². The minimum Gasteiger partial charge on any atom is -0.481 e. The molecule has 1 aliphatic rings.